The molecular formula is C17H15N3O2S3. The minimum Gasteiger partial charge on any atom is -0.337 e. The summed E-state index contributed by atoms with van der Waals surface area (Å²) in [6.07, 6.45) is 1.19. The molecule has 2 amide bonds. The summed E-state index contributed by atoms with van der Waals surface area (Å²) in [4.78, 5) is 33.8. The van der Waals surface area contributed by atoms with Gasteiger partial charge in [0, 0.05) is 22.7 Å². The van der Waals surface area contributed by atoms with Gasteiger partial charge in [-0.15, -0.1) is 22.7 Å². The van der Waals surface area contributed by atoms with Gasteiger partial charge in [0.15, 0.2) is 5.13 Å². The van der Waals surface area contributed by atoms with E-state index in [2.05, 4.69) is 10.3 Å². The maximum atomic E-state index is 12.5. The van der Waals surface area contributed by atoms with Crippen molar-refractivity contribution in [2.24, 2.45) is 0 Å². The molecule has 1 N–H and O–H groups in total. The van der Waals surface area contributed by atoms with E-state index < -0.39 is 0 Å². The molecule has 0 atom stereocenters. The molecule has 4 rings (SSSR count). The van der Waals surface area contributed by atoms with Gasteiger partial charge in [-0.05, 0) is 22.9 Å². The highest BCUT2D eigenvalue weighted by Crippen LogP contribution is 2.29. The van der Waals surface area contributed by atoms with Crippen LogP contribution < -0.4 is 5.32 Å². The normalized spacial score (nSPS) is 13.5. The van der Waals surface area contributed by atoms with Crippen LogP contribution in [0.3, 0.4) is 0 Å². The minimum absolute atomic E-state index is 0.133. The van der Waals surface area contributed by atoms with Crippen LogP contribution in [0.1, 0.15) is 25.1 Å². The molecule has 0 saturated carbocycles. The first-order valence-corrected chi connectivity index (χ1v) is 10.4. The number of rotatable bonds is 4. The van der Waals surface area contributed by atoms with Crippen molar-refractivity contribution in [3.8, 4) is 0 Å². The third-order valence-electron chi connectivity index (χ3n) is 3.95. The molecule has 0 radical (unpaired) electrons. The fourth-order valence-electron chi connectivity index (χ4n) is 2.70. The topological polar surface area (TPSA) is 62.3 Å². The van der Waals surface area contributed by atoms with Crippen LogP contribution in [0.5, 0.6) is 0 Å². The number of amides is 2. The molecule has 3 aromatic heterocycles. The summed E-state index contributed by atoms with van der Waals surface area (Å²) >= 11 is 4.47. The van der Waals surface area contributed by atoms with Crippen molar-refractivity contribution in [3.63, 3.8) is 0 Å². The highest BCUT2D eigenvalue weighted by Gasteiger charge is 2.25. The Labute approximate surface area is 157 Å². The van der Waals surface area contributed by atoms with Gasteiger partial charge in [0.25, 0.3) is 5.91 Å². The molecule has 0 spiro atoms. The second-order valence-corrected chi connectivity index (χ2v) is 8.71. The quantitative estimate of drug-likeness (QED) is 0.741. The highest BCUT2D eigenvalue weighted by atomic mass is 32.1. The van der Waals surface area contributed by atoms with Gasteiger partial charge in [-0.25, -0.2) is 4.98 Å². The largest absolute Gasteiger partial charge is 0.337 e. The summed E-state index contributed by atoms with van der Waals surface area (Å²) in [6, 6.07) is 7.60. The lowest BCUT2D eigenvalue weighted by Crippen LogP contribution is -2.36. The lowest BCUT2D eigenvalue weighted by atomic mass is 10.1. The molecular weight excluding hydrogens is 374 g/mol. The van der Waals surface area contributed by atoms with Crippen molar-refractivity contribution in [2.75, 3.05) is 11.9 Å². The smallest absolute Gasteiger partial charge is 0.267 e. The third kappa shape index (κ3) is 3.65. The summed E-state index contributed by atoms with van der Waals surface area (Å²) in [5.41, 5.74) is 0.992. The number of carbonyl (C=O) groups is 2. The number of nitrogens with one attached hydrogen (secondary N) is 1. The fourth-order valence-corrected chi connectivity index (χ4v) is 5.04. The van der Waals surface area contributed by atoms with E-state index in [1.54, 1.807) is 17.4 Å². The molecule has 8 heteroatoms. The number of carbonyl (C=O) groups excluding carboxylic acids is 2. The van der Waals surface area contributed by atoms with E-state index in [4.69, 9.17) is 0 Å². The summed E-state index contributed by atoms with van der Waals surface area (Å²) in [7, 11) is 0. The van der Waals surface area contributed by atoms with Crippen molar-refractivity contribution in [3.05, 3.63) is 55.4 Å². The van der Waals surface area contributed by atoms with E-state index in [1.807, 2.05) is 33.9 Å². The maximum absolute atomic E-state index is 12.5. The summed E-state index contributed by atoms with van der Waals surface area (Å²) in [5, 5.41) is 7.33. The zero-order valence-electron chi connectivity index (χ0n) is 13.2. The Kier molecular flexibility index (Phi) is 4.65. The van der Waals surface area contributed by atoms with Gasteiger partial charge >= 0.3 is 0 Å². The third-order valence-corrected chi connectivity index (χ3v) is 6.70. The standard InChI is InChI=1S/C17H15N3O2S3/c21-15(9-11-3-1-7-23-11)20-6-5-12-14(10-20)25-17(18-12)19-16(22)13-4-2-8-24-13/h1-4,7-8H,5-6,9-10H2,(H,18,19,22). The Morgan fingerprint density at radius 2 is 2.04 bits per heavy atom. The van der Waals surface area contributed by atoms with Gasteiger partial charge in [-0.3, -0.25) is 14.9 Å². The molecule has 0 bridgehead atoms. The van der Waals surface area contributed by atoms with E-state index in [0.717, 1.165) is 21.9 Å². The van der Waals surface area contributed by atoms with Gasteiger partial charge in [-0.1, -0.05) is 23.5 Å². The average Bonchev–Trinajstić information content (AvgIpc) is 3.35. The summed E-state index contributed by atoms with van der Waals surface area (Å²) in [5.74, 6) is 0.0115. The second-order valence-electron chi connectivity index (χ2n) is 5.64. The van der Waals surface area contributed by atoms with Crippen molar-refractivity contribution < 1.29 is 9.59 Å². The zero-order valence-corrected chi connectivity index (χ0v) is 15.7. The Hall–Kier alpha value is -2.03. The van der Waals surface area contributed by atoms with Crippen molar-refractivity contribution >= 4 is 51.0 Å². The SMILES string of the molecule is O=C(Nc1nc2c(s1)CN(C(=O)Cc1cccs1)CC2)c1cccs1. The van der Waals surface area contributed by atoms with E-state index >= 15 is 0 Å². The number of nitrogens with zero attached hydrogens (tertiary/aromatic N) is 2. The molecule has 4 heterocycles. The van der Waals surface area contributed by atoms with Gasteiger partial charge < -0.3 is 4.90 Å². The van der Waals surface area contributed by atoms with Crippen LogP contribution in [0.4, 0.5) is 5.13 Å². The number of fused-ring (bicyclic) bond motifs is 1. The average molecular weight is 390 g/mol. The summed E-state index contributed by atoms with van der Waals surface area (Å²) in [6.45, 7) is 1.26. The Balaban J connectivity index is 1.42. The van der Waals surface area contributed by atoms with Crippen LogP contribution in [0, 0.1) is 0 Å². The Bertz CT molecular complexity index is 885. The molecule has 0 aromatic carbocycles. The van der Waals surface area contributed by atoms with Crippen LogP contribution in [-0.2, 0) is 24.2 Å². The molecule has 0 aliphatic carbocycles. The fraction of sp³-hybridized carbons (Fsp3) is 0.235. The minimum atomic E-state index is -0.133. The monoisotopic (exact) mass is 389 g/mol. The van der Waals surface area contributed by atoms with Crippen LogP contribution in [0.15, 0.2) is 35.0 Å². The van der Waals surface area contributed by atoms with Crippen LogP contribution in [0.2, 0.25) is 0 Å². The zero-order chi connectivity index (χ0) is 17.2. The van der Waals surface area contributed by atoms with Crippen molar-refractivity contribution in [1.82, 2.24) is 9.88 Å². The van der Waals surface area contributed by atoms with Gasteiger partial charge in [0.1, 0.15) is 0 Å². The molecule has 0 fully saturated rings. The number of anilines is 1. The molecule has 0 saturated heterocycles. The van der Waals surface area contributed by atoms with Crippen LogP contribution in [0.25, 0.3) is 0 Å². The molecule has 5 nitrogen and oxygen atoms in total. The van der Waals surface area contributed by atoms with Crippen molar-refractivity contribution in [2.45, 2.75) is 19.4 Å². The number of thiazole rings is 1. The molecule has 3 aromatic rings. The van der Waals surface area contributed by atoms with E-state index in [9.17, 15) is 9.59 Å². The Morgan fingerprint density at radius 3 is 2.80 bits per heavy atom. The van der Waals surface area contributed by atoms with Crippen molar-refractivity contribution in [1.29, 1.82) is 0 Å². The van der Waals surface area contributed by atoms with Gasteiger partial charge in [-0.2, -0.15) is 0 Å². The predicted octanol–water partition coefficient (Wildman–Crippen LogP) is 3.65. The lowest BCUT2D eigenvalue weighted by molar-refractivity contribution is -0.131. The second kappa shape index (κ2) is 7.07. The van der Waals surface area contributed by atoms with Gasteiger partial charge in [0.2, 0.25) is 5.91 Å². The predicted molar refractivity (Wildman–Crippen MR) is 102 cm³/mol. The molecule has 25 heavy (non-hydrogen) atoms. The molecule has 1 aliphatic rings. The number of hydrogen-bond donors (Lipinski definition) is 1. The first-order valence-electron chi connectivity index (χ1n) is 7.82. The first kappa shape index (κ1) is 16.4. The maximum Gasteiger partial charge on any atom is 0.267 e. The molecule has 0 unspecified atom stereocenters. The van der Waals surface area contributed by atoms with Crippen LogP contribution >= 0.6 is 34.0 Å². The molecule has 1 aliphatic heterocycles. The van der Waals surface area contributed by atoms with E-state index in [-0.39, 0.29) is 11.8 Å². The Morgan fingerprint density at radius 1 is 1.20 bits per heavy atom. The first-order chi connectivity index (χ1) is 12.2. The number of aromatic nitrogens is 1. The molecule has 128 valence electrons. The lowest BCUT2D eigenvalue weighted by Gasteiger charge is -2.25. The van der Waals surface area contributed by atoms with E-state index in [1.165, 1.54) is 22.7 Å². The van der Waals surface area contributed by atoms with Crippen LogP contribution in [-0.4, -0.2) is 28.2 Å². The summed E-state index contributed by atoms with van der Waals surface area (Å²) < 4.78 is 0. The number of thiophene rings is 2. The highest BCUT2D eigenvalue weighted by molar-refractivity contribution is 7.16. The number of hydrogen-bond acceptors (Lipinski definition) is 6. The van der Waals surface area contributed by atoms with E-state index in [0.29, 0.717) is 29.5 Å². The van der Waals surface area contributed by atoms with Gasteiger partial charge in [0.05, 0.1) is 23.5 Å².